The summed E-state index contributed by atoms with van der Waals surface area (Å²) in [6, 6.07) is 29.0. The van der Waals surface area contributed by atoms with Crippen LogP contribution in [0.5, 0.6) is 11.5 Å². The number of anilines is 1. The maximum absolute atomic E-state index is 13.1. The van der Waals surface area contributed by atoms with E-state index in [-0.39, 0.29) is 11.9 Å². The Morgan fingerprint density at radius 1 is 0.806 bits per heavy atom. The number of rotatable bonds is 5. The minimum absolute atomic E-state index is 0.109. The lowest BCUT2D eigenvalue weighted by molar-refractivity contribution is 0.218. The molecule has 5 nitrogen and oxygen atoms in total. The number of nitrogens with one attached hydrogen (secondary N) is 1. The zero-order valence-corrected chi connectivity index (χ0v) is 21.1. The standard InChI is InChI=1S/C28H20Cl3N3O2/c29-20-8-4-18(5-9-20)26-17-34(33-27(26)19-6-10-21(30)11-7-19)28(35)32-23-12-14-24(15-13-23)36-25-3-1-2-22(31)16-25/h1-16,26H,17H2,(H,32,35). The second-order valence-corrected chi connectivity index (χ2v) is 9.50. The van der Waals surface area contributed by atoms with E-state index in [0.717, 1.165) is 16.8 Å². The Balaban J connectivity index is 1.32. The largest absolute Gasteiger partial charge is 0.457 e. The molecule has 2 amide bonds. The van der Waals surface area contributed by atoms with Crippen LogP contribution in [0.15, 0.2) is 102 Å². The summed E-state index contributed by atoms with van der Waals surface area (Å²) in [6.45, 7) is 0.390. The minimum atomic E-state index is -0.332. The number of halogens is 3. The van der Waals surface area contributed by atoms with Crippen LogP contribution in [0, 0.1) is 0 Å². The molecule has 4 aromatic rings. The van der Waals surface area contributed by atoms with Crippen molar-refractivity contribution >= 4 is 52.2 Å². The molecule has 0 saturated heterocycles. The van der Waals surface area contributed by atoms with Crippen LogP contribution in [0.3, 0.4) is 0 Å². The van der Waals surface area contributed by atoms with Crippen LogP contribution < -0.4 is 10.1 Å². The Kier molecular flexibility index (Phi) is 7.14. The van der Waals surface area contributed by atoms with Gasteiger partial charge in [0.2, 0.25) is 0 Å². The lowest BCUT2D eigenvalue weighted by Crippen LogP contribution is -2.30. The molecule has 1 heterocycles. The van der Waals surface area contributed by atoms with Crippen molar-refractivity contribution < 1.29 is 9.53 Å². The molecule has 36 heavy (non-hydrogen) atoms. The highest BCUT2D eigenvalue weighted by molar-refractivity contribution is 6.31. The van der Waals surface area contributed by atoms with E-state index in [0.29, 0.717) is 38.8 Å². The molecule has 0 aromatic heterocycles. The van der Waals surface area contributed by atoms with E-state index in [4.69, 9.17) is 39.5 Å². The van der Waals surface area contributed by atoms with Crippen molar-refractivity contribution in [2.24, 2.45) is 5.10 Å². The van der Waals surface area contributed by atoms with Crippen LogP contribution in [0.2, 0.25) is 15.1 Å². The second kappa shape index (κ2) is 10.6. The molecule has 0 fully saturated rings. The lowest BCUT2D eigenvalue weighted by Gasteiger charge is -2.16. The van der Waals surface area contributed by atoms with Gasteiger partial charge in [-0.25, -0.2) is 9.80 Å². The highest BCUT2D eigenvalue weighted by atomic mass is 35.5. The van der Waals surface area contributed by atoms with Gasteiger partial charge in [-0.2, -0.15) is 5.10 Å². The molecule has 1 unspecified atom stereocenters. The maximum atomic E-state index is 13.1. The zero-order chi connectivity index (χ0) is 25.1. The highest BCUT2D eigenvalue weighted by Crippen LogP contribution is 2.31. The summed E-state index contributed by atoms with van der Waals surface area (Å²) in [4.78, 5) is 13.1. The summed E-state index contributed by atoms with van der Waals surface area (Å²) in [5, 5.41) is 10.9. The number of hydrogen-bond acceptors (Lipinski definition) is 3. The van der Waals surface area contributed by atoms with Gasteiger partial charge in [0.05, 0.1) is 12.3 Å². The predicted molar refractivity (Wildman–Crippen MR) is 146 cm³/mol. The van der Waals surface area contributed by atoms with E-state index >= 15 is 0 Å². The first-order chi connectivity index (χ1) is 17.4. The first-order valence-electron chi connectivity index (χ1n) is 11.2. The Morgan fingerprint density at radius 3 is 2.14 bits per heavy atom. The van der Waals surface area contributed by atoms with Gasteiger partial charge in [0.25, 0.3) is 0 Å². The SMILES string of the molecule is O=C(Nc1ccc(Oc2cccc(Cl)c2)cc1)N1CC(c2ccc(Cl)cc2)C(c2ccc(Cl)cc2)=N1. The lowest BCUT2D eigenvalue weighted by atomic mass is 9.91. The van der Waals surface area contributed by atoms with E-state index in [1.54, 1.807) is 36.4 Å². The molecule has 0 aliphatic carbocycles. The number of hydrazone groups is 1. The third-order valence-electron chi connectivity index (χ3n) is 5.70. The van der Waals surface area contributed by atoms with Crippen LogP contribution in [0.1, 0.15) is 17.0 Å². The average molecular weight is 537 g/mol. The van der Waals surface area contributed by atoms with Crippen LogP contribution in [-0.4, -0.2) is 23.3 Å². The van der Waals surface area contributed by atoms with Crippen molar-refractivity contribution in [3.8, 4) is 11.5 Å². The van der Waals surface area contributed by atoms with Crippen molar-refractivity contribution in [1.29, 1.82) is 0 Å². The maximum Gasteiger partial charge on any atom is 0.342 e. The van der Waals surface area contributed by atoms with E-state index in [1.807, 2.05) is 60.7 Å². The van der Waals surface area contributed by atoms with Crippen LogP contribution in [-0.2, 0) is 0 Å². The topological polar surface area (TPSA) is 53.9 Å². The van der Waals surface area contributed by atoms with Gasteiger partial charge in [0, 0.05) is 26.7 Å². The molecule has 5 rings (SSSR count). The first-order valence-corrected chi connectivity index (χ1v) is 12.3. The molecule has 180 valence electrons. The Bertz CT molecular complexity index is 1410. The third-order valence-corrected chi connectivity index (χ3v) is 6.44. The van der Waals surface area contributed by atoms with Crippen molar-refractivity contribution in [2.45, 2.75) is 5.92 Å². The Morgan fingerprint density at radius 2 is 1.47 bits per heavy atom. The molecule has 1 aliphatic rings. The van der Waals surface area contributed by atoms with E-state index in [2.05, 4.69) is 10.4 Å². The predicted octanol–water partition coefficient (Wildman–Crippen LogP) is 8.47. The molecule has 1 aliphatic heterocycles. The molecular formula is C28H20Cl3N3O2. The van der Waals surface area contributed by atoms with Crippen molar-refractivity contribution in [2.75, 3.05) is 11.9 Å². The molecule has 4 aromatic carbocycles. The van der Waals surface area contributed by atoms with Gasteiger partial charge < -0.3 is 10.1 Å². The van der Waals surface area contributed by atoms with E-state index < -0.39 is 0 Å². The number of carbonyl (C=O) groups excluding carboxylic acids is 1. The molecule has 0 radical (unpaired) electrons. The fourth-order valence-corrected chi connectivity index (χ4v) is 4.36. The number of hydrogen-bond donors (Lipinski definition) is 1. The monoisotopic (exact) mass is 535 g/mol. The fourth-order valence-electron chi connectivity index (χ4n) is 3.93. The molecular weight excluding hydrogens is 517 g/mol. The Hall–Kier alpha value is -3.51. The number of urea groups is 1. The van der Waals surface area contributed by atoms with E-state index in [9.17, 15) is 4.79 Å². The number of amides is 2. The highest BCUT2D eigenvalue weighted by Gasteiger charge is 2.32. The van der Waals surface area contributed by atoms with Gasteiger partial charge in [0.15, 0.2) is 0 Å². The van der Waals surface area contributed by atoms with Gasteiger partial charge in [-0.05, 0) is 77.9 Å². The normalized spacial score (nSPS) is 14.9. The summed E-state index contributed by atoms with van der Waals surface area (Å²) in [6.07, 6.45) is 0. The number of ether oxygens (including phenoxy) is 1. The summed E-state index contributed by atoms with van der Waals surface area (Å²) in [5.74, 6) is 1.15. The Labute approximate surface area is 223 Å². The molecule has 0 saturated carbocycles. The fraction of sp³-hybridized carbons (Fsp3) is 0.0714. The van der Waals surface area contributed by atoms with Crippen LogP contribution in [0.25, 0.3) is 0 Å². The van der Waals surface area contributed by atoms with Gasteiger partial charge >= 0.3 is 6.03 Å². The molecule has 1 N–H and O–H groups in total. The van der Waals surface area contributed by atoms with Gasteiger partial charge in [-0.3, -0.25) is 0 Å². The van der Waals surface area contributed by atoms with Crippen LogP contribution in [0.4, 0.5) is 10.5 Å². The average Bonchev–Trinajstić information content (AvgIpc) is 3.32. The quantitative estimate of drug-likeness (QED) is 0.278. The number of benzene rings is 4. The van der Waals surface area contributed by atoms with E-state index in [1.165, 1.54) is 5.01 Å². The van der Waals surface area contributed by atoms with Crippen molar-refractivity contribution in [1.82, 2.24) is 5.01 Å². The van der Waals surface area contributed by atoms with Crippen molar-refractivity contribution in [3.63, 3.8) is 0 Å². The van der Waals surface area contributed by atoms with Gasteiger partial charge in [-0.1, -0.05) is 65.1 Å². The summed E-state index contributed by atoms with van der Waals surface area (Å²) < 4.78 is 5.81. The molecule has 8 heteroatoms. The summed E-state index contributed by atoms with van der Waals surface area (Å²) in [5.41, 5.74) is 3.33. The molecule has 0 bridgehead atoms. The van der Waals surface area contributed by atoms with Gasteiger partial charge in [-0.15, -0.1) is 0 Å². The third kappa shape index (κ3) is 5.65. The first kappa shape index (κ1) is 24.2. The molecule has 1 atom stereocenters. The zero-order valence-electron chi connectivity index (χ0n) is 18.9. The van der Waals surface area contributed by atoms with Crippen molar-refractivity contribution in [3.05, 3.63) is 123 Å². The molecule has 0 spiro atoms. The summed E-state index contributed by atoms with van der Waals surface area (Å²) >= 11 is 18.2. The number of nitrogens with zero attached hydrogens (tertiary/aromatic N) is 2. The summed E-state index contributed by atoms with van der Waals surface area (Å²) in [7, 11) is 0. The minimum Gasteiger partial charge on any atom is -0.457 e. The van der Waals surface area contributed by atoms with Gasteiger partial charge in [0.1, 0.15) is 11.5 Å². The van der Waals surface area contributed by atoms with Crippen LogP contribution >= 0.6 is 34.8 Å². The smallest absolute Gasteiger partial charge is 0.342 e. The second-order valence-electron chi connectivity index (χ2n) is 8.19. The number of carbonyl (C=O) groups is 1.